The second-order valence-electron chi connectivity index (χ2n) is 5.10. The summed E-state index contributed by atoms with van der Waals surface area (Å²) in [5.41, 5.74) is 1.16. The van der Waals surface area contributed by atoms with Crippen molar-refractivity contribution >= 4 is 15.9 Å². The Labute approximate surface area is 134 Å². The van der Waals surface area contributed by atoms with Gasteiger partial charge in [-0.15, -0.1) is 0 Å². The predicted molar refractivity (Wildman–Crippen MR) is 88.4 cm³/mol. The van der Waals surface area contributed by atoms with Gasteiger partial charge in [0.05, 0.1) is 0 Å². The van der Waals surface area contributed by atoms with Crippen LogP contribution in [0.25, 0.3) is 0 Å². The highest BCUT2D eigenvalue weighted by atomic mass is 79.9. The number of rotatable bonds is 7. The van der Waals surface area contributed by atoms with Crippen LogP contribution in [0, 0.1) is 0 Å². The number of nitrogens with zero attached hydrogens (tertiary/aromatic N) is 2. The zero-order chi connectivity index (χ0) is 15.2. The largest absolute Gasteiger partial charge is 0.485 e. The van der Waals surface area contributed by atoms with Crippen LogP contribution >= 0.6 is 15.9 Å². The van der Waals surface area contributed by atoms with Crippen molar-refractivity contribution in [2.75, 3.05) is 6.54 Å². The van der Waals surface area contributed by atoms with Gasteiger partial charge in [-0.2, -0.15) is 0 Å². The van der Waals surface area contributed by atoms with Crippen molar-refractivity contribution in [1.29, 1.82) is 0 Å². The number of aromatic nitrogens is 2. The Morgan fingerprint density at radius 3 is 2.90 bits per heavy atom. The van der Waals surface area contributed by atoms with Crippen molar-refractivity contribution in [3.8, 4) is 5.75 Å². The number of imidazole rings is 1. The lowest BCUT2D eigenvalue weighted by Gasteiger charge is -2.18. The number of aryl methyl sites for hydroxylation is 1. The van der Waals surface area contributed by atoms with Gasteiger partial charge in [0.15, 0.2) is 0 Å². The highest BCUT2D eigenvalue weighted by Gasteiger charge is 2.12. The van der Waals surface area contributed by atoms with Crippen LogP contribution in [0.3, 0.4) is 0 Å². The zero-order valence-corrected chi connectivity index (χ0v) is 14.4. The first-order valence-corrected chi connectivity index (χ1v) is 8.03. The molecule has 2 aromatic rings. The monoisotopic (exact) mass is 351 g/mol. The summed E-state index contributed by atoms with van der Waals surface area (Å²) in [5, 5.41) is 3.50. The average molecular weight is 352 g/mol. The van der Waals surface area contributed by atoms with E-state index in [-0.39, 0.29) is 6.04 Å². The molecule has 0 radical (unpaired) electrons. The average Bonchev–Trinajstić information content (AvgIpc) is 2.88. The Kier molecular flexibility index (Phi) is 5.82. The molecule has 1 atom stereocenters. The van der Waals surface area contributed by atoms with Crippen molar-refractivity contribution in [3.63, 3.8) is 0 Å². The zero-order valence-electron chi connectivity index (χ0n) is 12.8. The first-order chi connectivity index (χ1) is 10.1. The van der Waals surface area contributed by atoms with E-state index in [0.29, 0.717) is 6.61 Å². The van der Waals surface area contributed by atoms with Crippen LogP contribution in [0.5, 0.6) is 5.75 Å². The molecule has 0 aliphatic carbocycles. The lowest BCUT2D eigenvalue weighted by Crippen LogP contribution is -2.20. The van der Waals surface area contributed by atoms with Gasteiger partial charge in [-0.25, -0.2) is 4.98 Å². The van der Waals surface area contributed by atoms with E-state index < -0.39 is 0 Å². The predicted octanol–water partition coefficient (Wildman–Crippen LogP) is 3.82. The SMILES string of the molecule is CCCNC(C)c1cc(Br)ccc1OCc1nccn1C. The number of halogens is 1. The molecule has 2 rings (SSSR count). The molecular weight excluding hydrogens is 330 g/mol. The lowest BCUT2D eigenvalue weighted by atomic mass is 10.1. The van der Waals surface area contributed by atoms with Gasteiger partial charge < -0.3 is 14.6 Å². The number of nitrogens with one attached hydrogen (secondary N) is 1. The van der Waals surface area contributed by atoms with Crippen LogP contribution in [0.1, 0.15) is 37.7 Å². The minimum atomic E-state index is 0.249. The third-order valence-electron chi connectivity index (χ3n) is 3.42. The van der Waals surface area contributed by atoms with Gasteiger partial charge in [0.2, 0.25) is 0 Å². The van der Waals surface area contributed by atoms with E-state index in [1.54, 1.807) is 6.20 Å². The second-order valence-corrected chi connectivity index (χ2v) is 6.02. The summed E-state index contributed by atoms with van der Waals surface area (Å²) in [6, 6.07) is 6.37. The summed E-state index contributed by atoms with van der Waals surface area (Å²) in [4.78, 5) is 4.29. The normalized spacial score (nSPS) is 12.4. The molecule has 0 bridgehead atoms. The summed E-state index contributed by atoms with van der Waals surface area (Å²) < 4.78 is 9.01. The number of hydrogen-bond donors (Lipinski definition) is 1. The standard InChI is InChI=1S/C16H22BrN3O/c1-4-7-18-12(2)14-10-13(17)5-6-15(14)21-11-16-19-8-9-20(16)3/h5-6,8-10,12,18H,4,7,11H2,1-3H3. The molecule has 4 nitrogen and oxygen atoms in total. The Hall–Kier alpha value is -1.33. The van der Waals surface area contributed by atoms with Crippen LogP contribution in [0.15, 0.2) is 35.1 Å². The molecule has 0 saturated heterocycles. The summed E-state index contributed by atoms with van der Waals surface area (Å²) in [5.74, 6) is 1.82. The maximum Gasteiger partial charge on any atom is 0.146 e. The summed E-state index contributed by atoms with van der Waals surface area (Å²) >= 11 is 3.53. The summed E-state index contributed by atoms with van der Waals surface area (Å²) in [6.07, 6.45) is 4.82. The van der Waals surface area contributed by atoms with Crippen LogP contribution < -0.4 is 10.1 Å². The van der Waals surface area contributed by atoms with Crippen LogP contribution in [0.4, 0.5) is 0 Å². The third-order valence-corrected chi connectivity index (χ3v) is 3.91. The Morgan fingerprint density at radius 1 is 1.43 bits per heavy atom. The summed E-state index contributed by atoms with van der Waals surface area (Å²) in [6.45, 7) is 5.79. The Morgan fingerprint density at radius 2 is 2.24 bits per heavy atom. The molecule has 21 heavy (non-hydrogen) atoms. The third kappa shape index (κ3) is 4.32. The van der Waals surface area contributed by atoms with Gasteiger partial charge in [-0.3, -0.25) is 0 Å². The molecule has 1 aromatic carbocycles. The van der Waals surface area contributed by atoms with Gasteiger partial charge in [0.1, 0.15) is 18.2 Å². The molecule has 0 aliphatic rings. The van der Waals surface area contributed by atoms with E-state index in [1.807, 2.05) is 29.9 Å². The van der Waals surface area contributed by atoms with Gasteiger partial charge in [0.25, 0.3) is 0 Å². The van der Waals surface area contributed by atoms with Gasteiger partial charge in [0, 0.05) is 35.5 Å². The van der Waals surface area contributed by atoms with E-state index in [4.69, 9.17) is 4.74 Å². The Balaban J connectivity index is 2.12. The molecule has 5 heteroatoms. The van der Waals surface area contributed by atoms with Crippen LogP contribution in [-0.2, 0) is 13.7 Å². The van der Waals surface area contributed by atoms with E-state index >= 15 is 0 Å². The molecular formula is C16H22BrN3O. The van der Waals surface area contributed by atoms with Crippen molar-refractivity contribution in [3.05, 3.63) is 46.5 Å². The first-order valence-electron chi connectivity index (χ1n) is 7.23. The van der Waals surface area contributed by atoms with Gasteiger partial charge >= 0.3 is 0 Å². The molecule has 0 saturated carbocycles. The van der Waals surface area contributed by atoms with Gasteiger partial charge in [-0.1, -0.05) is 22.9 Å². The number of hydrogen-bond acceptors (Lipinski definition) is 3. The fourth-order valence-corrected chi connectivity index (χ4v) is 2.52. The van der Waals surface area contributed by atoms with Crippen molar-refractivity contribution in [2.24, 2.45) is 7.05 Å². The maximum absolute atomic E-state index is 5.97. The summed E-state index contributed by atoms with van der Waals surface area (Å²) in [7, 11) is 1.97. The molecule has 0 amide bonds. The van der Waals surface area contributed by atoms with E-state index in [0.717, 1.165) is 34.6 Å². The molecule has 0 spiro atoms. The molecule has 1 aromatic heterocycles. The van der Waals surface area contributed by atoms with Crippen LogP contribution in [0.2, 0.25) is 0 Å². The first kappa shape index (κ1) is 16.0. The minimum Gasteiger partial charge on any atom is -0.485 e. The maximum atomic E-state index is 5.97. The smallest absolute Gasteiger partial charge is 0.146 e. The number of ether oxygens (including phenoxy) is 1. The van der Waals surface area contributed by atoms with E-state index in [9.17, 15) is 0 Å². The number of benzene rings is 1. The lowest BCUT2D eigenvalue weighted by molar-refractivity contribution is 0.286. The molecule has 0 fully saturated rings. The quantitative estimate of drug-likeness (QED) is 0.823. The molecule has 1 unspecified atom stereocenters. The minimum absolute atomic E-state index is 0.249. The fraction of sp³-hybridized carbons (Fsp3) is 0.438. The van der Waals surface area contributed by atoms with E-state index in [2.05, 4.69) is 46.1 Å². The molecule has 1 heterocycles. The molecule has 1 N–H and O–H groups in total. The van der Waals surface area contributed by atoms with E-state index in [1.165, 1.54) is 0 Å². The second kappa shape index (κ2) is 7.61. The highest BCUT2D eigenvalue weighted by molar-refractivity contribution is 9.10. The van der Waals surface area contributed by atoms with Crippen molar-refractivity contribution in [1.82, 2.24) is 14.9 Å². The fourth-order valence-electron chi connectivity index (χ4n) is 2.14. The molecule has 114 valence electrons. The van der Waals surface area contributed by atoms with Crippen molar-refractivity contribution < 1.29 is 4.74 Å². The molecule has 0 aliphatic heterocycles. The topological polar surface area (TPSA) is 39.1 Å². The van der Waals surface area contributed by atoms with Crippen molar-refractivity contribution in [2.45, 2.75) is 32.9 Å². The Bertz CT molecular complexity index is 583. The highest BCUT2D eigenvalue weighted by Crippen LogP contribution is 2.29. The van der Waals surface area contributed by atoms with Crippen LogP contribution in [-0.4, -0.2) is 16.1 Å². The van der Waals surface area contributed by atoms with Gasteiger partial charge in [-0.05, 0) is 38.1 Å².